The summed E-state index contributed by atoms with van der Waals surface area (Å²) in [6.07, 6.45) is 3.81. The standard InChI is InChI=1S/C37H31N5O4/c1-16(2)28-35-41-31-32(46-35)37-23-7-5-6-21(20-10-8-17(3)29-27(20)22(14-38-29)26-15-39-34(31)44-26)30(23)42-36(37)45-25-11-9-19(13-24(25)37)12-18(4)33(43)40-28/h5-11,13-16,18,28,36,38,42H,12H2,1-4H3,(H,40,43)/t18-,28?,36?,37-/m0/s1. The van der Waals surface area contributed by atoms with Gasteiger partial charge in [0.2, 0.25) is 17.7 Å². The molecule has 2 unspecified atom stereocenters. The number of carbonyl (C=O) groups excluding carboxylic acids is 1. The molecule has 0 saturated carbocycles. The maximum atomic E-state index is 13.5. The second-order valence-corrected chi connectivity index (χ2v) is 13.5. The van der Waals surface area contributed by atoms with Crippen molar-refractivity contribution in [1.29, 1.82) is 0 Å². The van der Waals surface area contributed by atoms with Crippen LogP contribution >= 0.6 is 0 Å². The maximum absolute atomic E-state index is 13.5. The third-order valence-corrected chi connectivity index (χ3v) is 10.4. The van der Waals surface area contributed by atoms with Gasteiger partial charge in [0, 0.05) is 51.0 Å². The van der Waals surface area contributed by atoms with Crippen LogP contribution in [0, 0.1) is 18.8 Å². The van der Waals surface area contributed by atoms with Crippen molar-refractivity contribution in [3.63, 3.8) is 0 Å². The molecule has 0 saturated heterocycles. The molecular formula is C37H31N5O4. The highest BCUT2D eigenvalue weighted by atomic mass is 16.5. The van der Waals surface area contributed by atoms with Crippen LogP contribution in [0.5, 0.6) is 5.75 Å². The van der Waals surface area contributed by atoms with Crippen LogP contribution in [0.3, 0.4) is 0 Å². The van der Waals surface area contributed by atoms with Crippen molar-refractivity contribution in [3.05, 3.63) is 94.8 Å². The summed E-state index contributed by atoms with van der Waals surface area (Å²) in [6, 6.07) is 16.6. The Kier molecular flexibility index (Phi) is 4.90. The lowest BCUT2D eigenvalue weighted by Crippen LogP contribution is -2.40. The van der Waals surface area contributed by atoms with E-state index in [2.05, 4.69) is 78.9 Å². The zero-order valence-electron chi connectivity index (χ0n) is 25.8. The summed E-state index contributed by atoms with van der Waals surface area (Å²) in [5.74, 6) is 2.45. The highest BCUT2D eigenvalue weighted by Crippen LogP contribution is 2.61. The largest absolute Gasteiger partial charge is 0.469 e. The monoisotopic (exact) mass is 609 g/mol. The van der Waals surface area contributed by atoms with Crippen molar-refractivity contribution in [2.45, 2.75) is 51.8 Å². The van der Waals surface area contributed by atoms with Gasteiger partial charge in [-0.1, -0.05) is 63.2 Å². The number of benzene rings is 3. The number of aromatic nitrogens is 3. The van der Waals surface area contributed by atoms with Crippen molar-refractivity contribution in [2.24, 2.45) is 11.8 Å². The summed E-state index contributed by atoms with van der Waals surface area (Å²) in [5, 5.41) is 8.13. The predicted octanol–water partition coefficient (Wildman–Crippen LogP) is 7.25. The zero-order valence-corrected chi connectivity index (χ0v) is 25.8. The molecule has 6 aromatic rings. The molecule has 4 aliphatic heterocycles. The normalized spacial score (nSPS) is 23.3. The third-order valence-electron chi connectivity index (χ3n) is 10.4. The number of H-pyrrole nitrogens is 1. The number of ether oxygens (including phenoxy) is 1. The fourth-order valence-electron chi connectivity index (χ4n) is 8.10. The lowest BCUT2D eigenvalue weighted by molar-refractivity contribution is -0.125. The van der Waals surface area contributed by atoms with Gasteiger partial charge in [-0.15, -0.1) is 0 Å². The first-order valence-electron chi connectivity index (χ1n) is 15.9. The molecule has 7 heterocycles. The molecule has 10 rings (SSSR count). The van der Waals surface area contributed by atoms with Gasteiger partial charge in [-0.25, -0.2) is 9.97 Å². The van der Waals surface area contributed by atoms with Gasteiger partial charge in [-0.2, -0.15) is 0 Å². The van der Waals surface area contributed by atoms with Crippen LogP contribution in [0.2, 0.25) is 0 Å². The molecule has 3 aromatic heterocycles. The van der Waals surface area contributed by atoms with E-state index in [-0.39, 0.29) is 17.7 Å². The van der Waals surface area contributed by atoms with E-state index < -0.39 is 17.7 Å². The molecule has 0 radical (unpaired) electrons. The SMILES string of the molecule is Cc1ccc2c3c(c[nH]c13)-c1cnc(o1)-c1nc3oc1[C@]14c5cc(ccc5OC1Nc1c-2cccc14)C[C@H](C)C(=O)NC3C(C)C. The molecule has 1 spiro atoms. The number of carbonyl (C=O) groups is 1. The third kappa shape index (κ3) is 3.12. The zero-order chi connectivity index (χ0) is 31.1. The van der Waals surface area contributed by atoms with Crippen molar-refractivity contribution in [2.75, 3.05) is 5.32 Å². The summed E-state index contributed by atoms with van der Waals surface area (Å²) in [4.78, 5) is 27.0. The van der Waals surface area contributed by atoms with Crippen molar-refractivity contribution >= 4 is 22.5 Å². The van der Waals surface area contributed by atoms with Crippen molar-refractivity contribution < 1.29 is 18.4 Å². The number of nitrogens with one attached hydrogen (secondary N) is 3. The van der Waals surface area contributed by atoms with E-state index in [1.165, 1.54) is 0 Å². The van der Waals surface area contributed by atoms with E-state index in [1.54, 1.807) is 6.20 Å². The first kappa shape index (κ1) is 26.0. The Hall–Kier alpha value is -5.31. The number of para-hydroxylation sites is 1. The van der Waals surface area contributed by atoms with Crippen LogP contribution < -0.4 is 15.4 Å². The number of hydrogen-bond donors (Lipinski definition) is 3. The van der Waals surface area contributed by atoms with Crippen LogP contribution in [0.15, 0.2) is 69.8 Å². The van der Waals surface area contributed by atoms with E-state index >= 15 is 0 Å². The van der Waals surface area contributed by atoms with E-state index in [0.717, 1.165) is 61.3 Å². The number of hydrogen-bond acceptors (Lipinski definition) is 7. The van der Waals surface area contributed by atoms with Crippen LogP contribution in [0.25, 0.3) is 44.9 Å². The molecule has 0 aliphatic carbocycles. The molecular weight excluding hydrogens is 578 g/mol. The Bertz CT molecular complexity index is 2290. The van der Waals surface area contributed by atoms with E-state index in [9.17, 15) is 4.79 Å². The van der Waals surface area contributed by atoms with Crippen molar-refractivity contribution in [3.8, 4) is 39.8 Å². The second-order valence-electron chi connectivity index (χ2n) is 13.5. The quantitative estimate of drug-likeness (QED) is 0.180. The summed E-state index contributed by atoms with van der Waals surface area (Å²) in [6.45, 7) is 8.20. The number of rotatable bonds is 1. The maximum Gasteiger partial charge on any atom is 0.249 e. The number of anilines is 1. The molecule has 9 nitrogen and oxygen atoms in total. The van der Waals surface area contributed by atoms with Gasteiger partial charge in [0.1, 0.15) is 17.2 Å². The summed E-state index contributed by atoms with van der Waals surface area (Å²) in [5.41, 5.74) is 8.86. The van der Waals surface area contributed by atoms with Gasteiger partial charge in [0.15, 0.2) is 23.4 Å². The highest BCUT2D eigenvalue weighted by molar-refractivity contribution is 6.08. The van der Waals surface area contributed by atoms with Crippen LogP contribution in [0.4, 0.5) is 5.69 Å². The lowest BCUT2D eigenvalue weighted by Gasteiger charge is -2.28. The summed E-state index contributed by atoms with van der Waals surface area (Å²) < 4.78 is 20.4. The molecule has 0 fully saturated rings. The van der Waals surface area contributed by atoms with E-state index in [0.29, 0.717) is 35.4 Å². The average Bonchev–Trinajstić information content (AvgIpc) is 3.85. The number of fused-ring (bicyclic) bond motifs is 7. The lowest BCUT2D eigenvalue weighted by atomic mass is 9.72. The van der Waals surface area contributed by atoms with Gasteiger partial charge in [-0.3, -0.25) is 4.79 Å². The predicted molar refractivity (Wildman–Crippen MR) is 172 cm³/mol. The molecule has 3 aromatic carbocycles. The number of nitrogens with zero attached hydrogens (tertiary/aromatic N) is 2. The highest BCUT2D eigenvalue weighted by Gasteiger charge is 2.61. The minimum atomic E-state index is -0.913. The Morgan fingerprint density at radius 3 is 2.76 bits per heavy atom. The number of oxazole rings is 2. The fourth-order valence-corrected chi connectivity index (χ4v) is 8.10. The molecule has 4 aliphatic rings. The van der Waals surface area contributed by atoms with Crippen LogP contribution in [-0.4, -0.2) is 27.1 Å². The number of amides is 1. The van der Waals surface area contributed by atoms with Crippen LogP contribution in [-0.2, 0) is 16.6 Å². The molecule has 228 valence electrons. The summed E-state index contributed by atoms with van der Waals surface area (Å²) in [7, 11) is 0. The van der Waals surface area contributed by atoms with Gasteiger partial charge >= 0.3 is 0 Å². The minimum absolute atomic E-state index is 0.00799. The van der Waals surface area contributed by atoms with E-state index in [4.69, 9.17) is 23.5 Å². The Morgan fingerprint density at radius 2 is 1.89 bits per heavy atom. The van der Waals surface area contributed by atoms with Gasteiger partial charge < -0.3 is 29.2 Å². The van der Waals surface area contributed by atoms with Crippen molar-refractivity contribution in [1.82, 2.24) is 20.3 Å². The molecule has 1 amide bonds. The number of aromatic amines is 1. The summed E-state index contributed by atoms with van der Waals surface area (Å²) >= 11 is 0. The fraction of sp³-hybridized carbons (Fsp3) is 0.270. The van der Waals surface area contributed by atoms with Crippen LogP contribution in [0.1, 0.15) is 60.7 Å². The van der Waals surface area contributed by atoms with Gasteiger partial charge in [-0.05, 0) is 42.0 Å². The molecule has 10 bridgehead atoms. The molecule has 9 heteroatoms. The molecule has 4 atom stereocenters. The van der Waals surface area contributed by atoms with E-state index in [1.807, 2.05) is 19.2 Å². The van der Waals surface area contributed by atoms with Gasteiger partial charge in [0.05, 0.1) is 6.20 Å². The average molecular weight is 610 g/mol. The molecule has 46 heavy (non-hydrogen) atoms. The molecule has 3 N–H and O–H groups in total. The topological polar surface area (TPSA) is 118 Å². The Labute approximate surface area is 264 Å². The Morgan fingerprint density at radius 1 is 1.00 bits per heavy atom. The first-order chi connectivity index (χ1) is 22.3. The number of aryl methyl sites for hydroxylation is 1. The Balaban J connectivity index is 1.39. The smallest absolute Gasteiger partial charge is 0.249 e. The minimum Gasteiger partial charge on any atom is -0.469 e. The van der Waals surface area contributed by atoms with Gasteiger partial charge in [0.25, 0.3) is 0 Å². The first-order valence-corrected chi connectivity index (χ1v) is 15.9. The second kappa shape index (κ2) is 8.69.